The zero-order valence-corrected chi connectivity index (χ0v) is 11.6. The number of halogens is 1. The van der Waals surface area contributed by atoms with Gasteiger partial charge in [0.15, 0.2) is 0 Å². The molecule has 0 aromatic heterocycles. The molecular formula is C16H16ClNO. The average Bonchev–Trinajstić information content (AvgIpc) is 2.40. The Bertz CT molecular complexity index is 580. The van der Waals surface area contributed by atoms with Crippen molar-refractivity contribution in [2.45, 2.75) is 13.3 Å². The van der Waals surface area contributed by atoms with Gasteiger partial charge in [0.05, 0.1) is 6.42 Å². The number of carbonyl (C=O) groups is 1. The molecule has 3 heteroatoms. The minimum absolute atomic E-state index is 0.0296. The Morgan fingerprint density at radius 2 is 1.68 bits per heavy atom. The van der Waals surface area contributed by atoms with Crippen LogP contribution in [0, 0.1) is 0 Å². The van der Waals surface area contributed by atoms with E-state index in [9.17, 15) is 4.79 Å². The third-order valence-corrected chi connectivity index (χ3v) is 3.24. The SMILES string of the molecule is CCNC(=O)Cc1ccccc1-c1ccccc1Cl. The van der Waals surface area contributed by atoms with Gasteiger partial charge in [-0.3, -0.25) is 4.79 Å². The third kappa shape index (κ3) is 3.36. The lowest BCUT2D eigenvalue weighted by atomic mass is 9.97. The molecule has 98 valence electrons. The Morgan fingerprint density at radius 3 is 2.37 bits per heavy atom. The Morgan fingerprint density at radius 1 is 1.05 bits per heavy atom. The summed E-state index contributed by atoms with van der Waals surface area (Å²) >= 11 is 6.23. The highest BCUT2D eigenvalue weighted by atomic mass is 35.5. The van der Waals surface area contributed by atoms with E-state index in [1.165, 1.54) is 0 Å². The molecule has 19 heavy (non-hydrogen) atoms. The normalized spacial score (nSPS) is 10.2. The van der Waals surface area contributed by atoms with Crippen molar-refractivity contribution in [2.75, 3.05) is 6.54 Å². The molecule has 2 aromatic rings. The lowest BCUT2D eigenvalue weighted by Crippen LogP contribution is -2.24. The van der Waals surface area contributed by atoms with E-state index < -0.39 is 0 Å². The van der Waals surface area contributed by atoms with Crippen LogP contribution < -0.4 is 5.32 Å². The highest BCUT2D eigenvalue weighted by molar-refractivity contribution is 6.33. The topological polar surface area (TPSA) is 29.1 Å². The molecule has 0 saturated carbocycles. The highest BCUT2D eigenvalue weighted by Gasteiger charge is 2.10. The van der Waals surface area contributed by atoms with Gasteiger partial charge in [-0.1, -0.05) is 54.1 Å². The van der Waals surface area contributed by atoms with Gasteiger partial charge in [0.1, 0.15) is 0 Å². The smallest absolute Gasteiger partial charge is 0.224 e. The largest absolute Gasteiger partial charge is 0.356 e. The number of nitrogens with one attached hydrogen (secondary N) is 1. The lowest BCUT2D eigenvalue weighted by Gasteiger charge is -2.11. The Balaban J connectivity index is 2.37. The Hall–Kier alpha value is -1.80. The summed E-state index contributed by atoms with van der Waals surface area (Å²) in [4.78, 5) is 11.7. The average molecular weight is 274 g/mol. The summed E-state index contributed by atoms with van der Waals surface area (Å²) in [6.45, 7) is 2.56. The van der Waals surface area contributed by atoms with Crippen LogP contribution in [0.1, 0.15) is 12.5 Å². The second-order valence-electron chi connectivity index (χ2n) is 4.27. The van der Waals surface area contributed by atoms with Crippen LogP contribution in [0.3, 0.4) is 0 Å². The molecule has 0 unspecified atom stereocenters. The highest BCUT2D eigenvalue weighted by Crippen LogP contribution is 2.30. The molecule has 0 aliphatic carbocycles. The minimum Gasteiger partial charge on any atom is -0.356 e. The van der Waals surface area contributed by atoms with Gasteiger partial charge in [-0.2, -0.15) is 0 Å². The number of hydrogen-bond acceptors (Lipinski definition) is 1. The van der Waals surface area contributed by atoms with Crippen molar-refractivity contribution < 1.29 is 4.79 Å². The summed E-state index contributed by atoms with van der Waals surface area (Å²) in [6.07, 6.45) is 0.370. The molecule has 0 spiro atoms. The van der Waals surface area contributed by atoms with E-state index in [0.29, 0.717) is 18.0 Å². The van der Waals surface area contributed by atoms with Gasteiger partial charge in [0.2, 0.25) is 5.91 Å². The molecule has 2 nitrogen and oxygen atoms in total. The van der Waals surface area contributed by atoms with Gasteiger partial charge in [0, 0.05) is 17.1 Å². The van der Waals surface area contributed by atoms with Crippen molar-refractivity contribution in [1.29, 1.82) is 0 Å². The second kappa shape index (κ2) is 6.39. The number of likely N-dealkylation sites (N-methyl/N-ethyl adjacent to an activating group) is 1. The standard InChI is InChI=1S/C16H16ClNO/c1-2-18-16(19)11-12-7-3-4-8-13(12)14-9-5-6-10-15(14)17/h3-10H,2,11H2,1H3,(H,18,19). The molecule has 0 fully saturated rings. The number of rotatable bonds is 4. The molecule has 0 radical (unpaired) electrons. The fourth-order valence-electron chi connectivity index (χ4n) is 2.05. The fraction of sp³-hybridized carbons (Fsp3) is 0.188. The van der Waals surface area contributed by atoms with E-state index in [2.05, 4.69) is 5.32 Å². The number of hydrogen-bond donors (Lipinski definition) is 1. The molecule has 0 heterocycles. The summed E-state index contributed by atoms with van der Waals surface area (Å²) < 4.78 is 0. The van der Waals surface area contributed by atoms with Crippen LogP contribution >= 0.6 is 11.6 Å². The monoisotopic (exact) mass is 273 g/mol. The Kier molecular flexibility index (Phi) is 4.58. The van der Waals surface area contributed by atoms with E-state index >= 15 is 0 Å². The van der Waals surface area contributed by atoms with Gasteiger partial charge < -0.3 is 5.32 Å². The number of amides is 1. The van der Waals surface area contributed by atoms with E-state index in [1.54, 1.807) is 0 Å². The molecule has 2 aromatic carbocycles. The minimum atomic E-state index is 0.0296. The van der Waals surface area contributed by atoms with Gasteiger partial charge in [-0.05, 0) is 24.1 Å². The number of carbonyl (C=O) groups excluding carboxylic acids is 1. The van der Waals surface area contributed by atoms with Crippen molar-refractivity contribution in [3.63, 3.8) is 0 Å². The van der Waals surface area contributed by atoms with Gasteiger partial charge in [0.25, 0.3) is 0 Å². The molecule has 1 amide bonds. The lowest BCUT2D eigenvalue weighted by molar-refractivity contribution is -0.120. The van der Waals surface area contributed by atoms with Crippen molar-refractivity contribution in [2.24, 2.45) is 0 Å². The quantitative estimate of drug-likeness (QED) is 0.904. The predicted octanol–water partition coefficient (Wildman–Crippen LogP) is 3.69. The second-order valence-corrected chi connectivity index (χ2v) is 4.67. The first kappa shape index (κ1) is 13.6. The van der Waals surface area contributed by atoms with Crippen LogP contribution in [-0.4, -0.2) is 12.5 Å². The first-order chi connectivity index (χ1) is 9.22. The summed E-state index contributed by atoms with van der Waals surface area (Å²) in [5.41, 5.74) is 2.96. The van der Waals surface area contributed by atoms with Crippen LogP contribution in [0.25, 0.3) is 11.1 Å². The molecular weight excluding hydrogens is 258 g/mol. The maximum absolute atomic E-state index is 11.7. The molecule has 2 rings (SSSR count). The molecule has 0 atom stereocenters. The summed E-state index contributed by atoms with van der Waals surface area (Å²) in [5, 5.41) is 3.52. The van der Waals surface area contributed by atoms with Crippen molar-refractivity contribution in [3.05, 3.63) is 59.1 Å². The molecule has 0 aliphatic rings. The van der Waals surface area contributed by atoms with Gasteiger partial charge in [-0.25, -0.2) is 0 Å². The molecule has 0 aliphatic heterocycles. The van der Waals surface area contributed by atoms with Crippen molar-refractivity contribution in [3.8, 4) is 11.1 Å². The van der Waals surface area contributed by atoms with Crippen LogP contribution in [0.4, 0.5) is 0 Å². The van der Waals surface area contributed by atoms with E-state index in [0.717, 1.165) is 16.7 Å². The van der Waals surface area contributed by atoms with Crippen LogP contribution in [-0.2, 0) is 11.2 Å². The zero-order valence-electron chi connectivity index (χ0n) is 10.8. The van der Waals surface area contributed by atoms with Gasteiger partial charge >= 0.3 is 0 Å². The zero-order chi connectivity index (χ0) is 13.7. The van der Waals surface area contributed by atoms with E-state index in [-0.39, 0.29) is 5.91 Å². The first-order valence-electron chi connectivity index (χ1n) is 6.32. The van der Waals surface area contributed by atoms with Crippen LogP contribution in [0.2, 0.25) is 5.02 Å². The maximum atomic E-state index is 11.7. The van der Waals surface area contributed by atoms with Gasteiger partial charge in [-0.15, -0.1) is 0 Å². The van der Waals surface area contributed by atoms with Crippen molar-refractivity contribution in [1.82, 2.24) is 5.32 Å². The maximum Gasteiger partial charge on any atom is 0.224 e. The fourth-order valence-corrected chi connectivity index (χ4v) is 2.29. The van der Waals surface area contributed by atoms with E-state index in [4.69, 9.17) is 11.6 Å². The van der Waals surface area contributed by atoms with Crippen LogP contribution in [0.5, 0.6) is 0 Å². The summed E-state index contributed by atoms with van der Waals surface area (Å²) in [7, 11) is 0. The Labute approximate surface area is 118 Å². The van der Waals surface area contributed by atoms with E-state index in [1.807, 2.05) is 55.5 Å². The molecule has 1 N–H and O–H groups in total. The third-order valence-electron chi connectivity index (χ3n) is 2.91. The molecule has 0 saturated heterocycles. The summed E-state index contributed by atoms with van der Waals surface area (Å²) in [5.74, 6) is 0.0296. The predicted molar refractivity (Wildman–Crippen MR) is 79.3 cm³/mol. The van der Waals surface area contributed by atoms with Crippen LogP contribution in [0.15, 0.2) is 48.5 Å². The summed E-state index contributed by atoms with van der Waals surface area (Å²) in [6, 6.07) is 15.5. The molecule has 0 bridgehead atoms. The van der Waals surface area contributed by atoms with Crippen molar-refractivity contribution >= 4 is 17.5 Å². The first-order valence-corrected chi connectivity index (χ1v) is 6.69. The number of benzene rings is 2.